The number of hydrogen-bond donors (Lipinski definition) is 1. The van der Waals surface area contributed by atoms with Crippen LogP contribution in [0.15, 0.2) is 65.7 Å². The number of esters is 1. The van der Waals surface area contributed by atoms with Crippen LogP contribution < -0.4 is 9.62 Å². The molecule has 1 amide bonds. The fourth-order valence-corrected chi connectivity index (χ4v) is 5.23. The number of hydrogen-bond acceptors (Lipinski definition) is 5. The molecule has 4 rings (SSSR count). The predicted molar refractivity (Wildman–Crippen MR) is 116 cm³/mol. The van der Waals surface area contributed by atoms with E-state index in [2.05, 4.69) is 5.32 Å². The summed E-state index contributed by atoms with van der Waals surface area (Å²) in [5.41, 5.74) is 2.25. The monoisotopic (exact) mass is 439 g/mol. The molecular formula is C22H21N3O5S. The van der Waals surface area contributed by atoms with E-state index in [-0.39, 0.29) is 21.8 Å². The molecule has 0 atom stereocenters. The predicted octanol–water partition coefficient (Wildman–Crippen LogP) is 2.82. The van der Waals surface area contributed by atoms with Crippen molar-refractivity contribution in [1.82, 2.24) is 4.57 Å². The number of rotatable bonds is 5. The molecule has 1 aliphatic rings. The lowest BCUT2D eigenvalue weighted by molar-refractivity contribution is 0.0602. The molecule has 9 heteroatoms. The summed E-state index contributed by atoms with van der Waals surface area (Å²) in [4.78, 5) is 24.8. The highest BCUT2D eigenvalue weighted by molar-refractivity contribution is 7.92. The lowest BCUT2D eigenvalue weighted by Crippen LogP contribution is -2.28. The maximum atomic E-state index is 13.2. The van der Waals surface area contributed by atoms with Gasteiger partial charge in [0.25, 0.3) is 15.9 Å². The average Bonchev–Trinajstić information content (AvgIpc) is 3.38. The maximum Gasteiger partial charge on any atom is 0.339 e. The fourth-order valence-electron chi connectivity index (χ4n) is 3.65. The Labute approximate surface area is 180 Å². The number of carbonyl (C=O) groups excluding carboxylic acids is 2. The third-order valence-corrected chi connectivity index (χ3v) is 7.00. The first-order valence-electron chi connectivity index (χ1n) is 9.58. The zero-order valence-corrected chi connectivity index (χ0v) is 17.8. The van der Waals surface area contributed by atoms with Gasteiger partial charge in [0.2, 0.25) is 0 Å². The molecule has 8 nitrogen and oxygen atoms in total. The number of methoxy groups -OCH3 is 1. The first kappa shape index (κ1) is 20.7. The van der Waals surface area contributed by atoms with Gasteiger partial charge in [0.1, 0.15) is 10.6 Å². The van der Waals surface area contributed by atoms with Crippen LogP contribution in [0.4, 0.5) is 11.4 Å². The van der Waals surface area contributed by atoms with Crippen LogP contribution in [0.2, 0.25) is 0 Å². The van der Waals surface area contributed by atoms with Gasteiger partial charge >= 0.3 is 5.97 Å². The number of aromatic nitrogens is 1. The van der Waals surface area contributed by atoms with Crippen molar-refractivity contribution in [2.24, 2.45) is 7.05 Å². The Bertz CT molecular complexity index is 1280. The van der Waals surface area contributed by atoms with E-state index in [0.29, 0.717) is 18.7 Å². The molecule has 31 heavy (non-hydrogen) atoms. The molecule has 160 valence electrons. The van der Waals surface area contributed by atoms with Crippen molar-refractivity contribution in [2.75, 3.05) is 23.3 Å². The van der Waals surface area contributed by atoms with Gasteiger partial charge in [0.05, 0.1) is 24.0 Å². The first-order valence-corrected chi connectivity index (χ1v) is 11.0. The van der Waals surface area contributed by atoms with Gasteiger partial charge in [0.15, 0.2) is 0 Å². The summed E-state index contributed by atoms with van der Waals surface area (Å²) in [7, 11) is -0.976. The minimum atomic E-state index is -3.83. The Morgan fingerprint density at radius 2 is 1.77 bits per heavy atom. The number of ether oxygens (including phenoxy) is 1. The summed E-state index contributed by atoms with van der Waals surface area (Å²) in [6.07, 6.45) is 2.05. The van der Waals surface area contributed by atoms with Crippen LogP contribution in [0.25, 0.3) is 0 Å². The molecule has 0 radical (unpaired) electrons. The van der Waals surface area contributed by atoms with E-state index >= 15 is 0 Å². The summed E-state index contributed by atoms with van der Waals surface area (Å²) in [5, 5.41) is 2.66. The Morgan fingerprint density at radius 3 is 2.55 bits per heavy atom. The van der Waals surface area contributed by atoms with Crippen LogP contribution in [0.5, 0.6) is 0 Å². The Hall–Kier alpha value is -3.59. The highest BCUT2D eigenvalue weighted by atomic mass is 32.2. The summed E-state index contributed by atoms with van der Waals surface area (Å²) >= 11 is 0. The van der Waals surface area contributed by atoms with Crippen molar-refractivity contribution in [3.8, 4) is 0 Å². The largest absolute Gasteiger partial charge is 0.465 e. The quantitative estimate of drug-likeness (QED) is 0.617. The molecule has 1 N–H and O–H groups in total. The number of anilines is 2. The van der Waals surface area contributed by atoms with Gasteiger partial charge in [-0.15, -0.1) is 0 Å². The number of benzene rings is 2. The standard InChI is InChI=1S/C22H21N3O5S/c1-24-14-16(31(28,29)25-12-11-15-7-3-6-10-19(15)25)13-20(24)21(26)23-18-9-5-4-8-17(18)22(27)30-2/h3-10,13-14H,11-12H2,1-2H3,(H,23,26). The van der Waals surface area contributed by atoms with Gasteiger partial charge in [-0.1, -0.05) is 30.3 Å². The minimum Gasteiger partial charge on any atom is -0.465 e. The normalized spacial score (nSPS) is 13.0. The van der Waals surface area contributed by atoms with Crippen LogP contribution in [0.3, 0.4) is 0 Å². The van der Waals surface area contributed by atoms with Crippen molar-refractivity contribution in [2.45, 2.75) is 11.3 Å². The number of amides is 1. The van der Waals surface area contributed by atoms with Gasteiger partial charge in [-0.05, 0) is 36.2 Å². The molecule has 2 heterocycles. The number of sulfonamides is 1. The van der Waals surface area contributed by atoms with E-state index in [1.54, 1.807) is 37.4 Å². The summed E-state index contributed by atoms with van der Waals surface area (Å²) < 4.78 is 34.0. The highest BCUT2D eigenvalue weighted by Gasteiger charge is 2.32. The maximum absolute atomic E-state index is 13.2. The van der Waals surface area contributed by atoms with E-state index in [9.17, 15) is 18.0 Å². The summed E-state index contributed by atoms with van der Waals surface area (Å²) in [5.74, 6) is -1.12. The van der Waals surface area contributed by atoms with E-state index in [4.69, 9.17) is 4.74 Å². The van der Waals surface area contributed by atoms with E-state index in [1.807, 2.05) is 12.1 Å². The zero-order valence-electron chi connectivity index (χ0n) is 17.0. The molecule has 0 spiro atoms. The molecule has 3 aromatic rings. The number of para-hydroxylation sites is 2. The fraction of sp³-hybridized carbons (Fsp3) is 0.182. The third-order valence-electron chi connectivity index (χ3n) is 5.23. The van der Waals surface area contributed by atoms with Gasteiger partial charge in [-0.2, -0.15) is 0 Å². The smallest absolute Gasteiger partial charge is 0.339 e. The van der Waals surface area contributed by atoms with E-state index in [1.165, 1.54) is 34.3 Å². The molecule has 0 unspecified atom stereocenters. The van der Waals surface area contributed by atoms with E-state index < -0.39 is 21.9 Å². The van der Waals surface area contributed by atoms with Gasteiger partial charge < -0.3 is 14.6 Å². The highest BCUT2D eigenvalue weighted by Crippen LogP contribution is 2.33. The van der Waals surface area contributed by atoms with Crippen LogP contribution in [0.1, 0.15) is 26.4 Å². The molecule has 1 aliphatic heterocycles. The Morgan fingerprint density at radius 1 is 1.06 bits per heavy atom. The number of nitrogens with one attached hydrogen (secondary N) is 1. The number of fused-ring (bicyclic) bond motifs is 1. The second-order valence-corrected chi connectivity index (χ2v) is 8.98. The molecular weight excluding hydrogens is 418 g/mol. The van der Waals surface area contributed by atoms with Crippen molar-refractivity contribution < 1.29 is 22.7 Å². The van der Waals surface area contributed by atoms with Crippen molar-refractivity contribution >= 4 is 33.3 Å². The lowest BCUT2D eigenvalue weighted by Gasteiger charge is -2.18. The topological polar surface area (TPSA) is 97.7 Å². The lowest BCUT2D eigenvalue weighted by atomic mass is 10.1. The molecule has 0 bridgehead atoms. The average molecular weight is 439 g/mol. The molecule has 1 aromatic heterocycles. The Kier molecular flexibility index (Phi) is 5.28. The summed E-state index contributed by atoms with van der Waals surface area (Å²) in [6.45, 7) is 0.352. The molecule has 0 saturated carbocycles. The van der Waals surface area contributed by atoms with Crippen LogP contribution in [-0.4, -0.2) is 38.5 Å². The second kappa shape index (κ2) is 7.92. The van der Waals surface area contributed by atoms with Crippen molar-refractivity contribution in [3.05, 3.63) is 77.6 Å². The number of aryl methyl sites for hydroxylation is 1. The van der Waals surface area contributed by atoms with Crippen LogP contribution in [0, 0.1) is 0 Å². The van der Waals surface area contributed by atoms with Crippen LogP contribution in [-0.2, 0) is 28.2 Å². The molecule has 0 saturated heterocycles. The third kappa shape index (κ3) is 3.68. The van der Waals surface area contributed by atoms with Crippen LogP contribution >= 0.6 is 0 Å². The number of carbonyl (C=O) groups is 2. The zero-order chi connectivity index (χ0) is 22.2. The van der Waals surface area contributed by atoms with Gasteiger partial charge in [-0.25, -0.2) is 13.2 Å². The first-order chi connectivity index (χ1) is 14.8. The van der Waals surface area contributed by atoms with Gasteiger partial charge in [0, 0.05) is 19.8 Å². The molecule has 0 fully saturated rings. The number of nitrogens with zero attached hydrogens (tertiary/aromatic N) is 2. The molecule has 2 aromatic carbocycles. The van der Waals surface area contributed by atoms with E-state index in [0.717, 1.165) is 5.56 Å². The Balaban J connectivity index is 1.63. The van der Waals surface area contributed by atoms with Gasteiger partial charge in [-0.3, -0.25) is 9.10 Å². The van der Waals surface area contributed by atoms with Crippen molar-refractivity contribution in [3.63, 3.8) is 0 Å². The summed E-state index contributed by atoms with van der Waals surface area (Å²) in [6, 6.07) is 15.1. The second-order valence-electron chi connectivity index (χ2n) is 7.12. The minimum absolute atomic E-state index is 0.0260. The van der Waals surface area contributed by atoms with Crippen molar-refractivity contribution in [1.29, 1.82) is 0 Å². The SMILES string of the molecule is COC(=O)c1ccccc1NC(=O)c1cc(S(=O)(=O)N2CCc3ccccc32)cn1C. The molecule has 0 aliphatic carbocycles.